The number of aliphatic hydroxyl groups is 3. The number of aliphatic hydroxyl groups excluding tert-OH is 1. The van der Waals surface area contributed by atoms with Crippen molar-refractivity contribution >= 4 is 30.4 Å². The first-order chi connectivity index (χ1) is 18.7. The van der Waals surface area contributed by atoms with Crippen LogP contribution in [0.3, 0.4) is 0 Å². The molecule has 1 aliphatic heterocycles. The molecule has 0 spiro atoms. The van der Waals surface area contributed by atoms with Gasteiger partial charge in [0.25, 0.3) is 0 Å². The molecular weight excluding hydrogens is 563 g/mol. The maximum Gasteiger partial charge on any atom is 0.408 e. The third-order valence-electron chi connectivity index (χ3n) is 7.14. The highest BCUT2D eigenvalue weighted by Gasteiger charge is 2.84. The van der Waals surface area contributed by atoms with Crippen molar-refractivity contribution in [1.29, 1.82) is 0 Å². The Hall–Kier alpha value is -2.13. The molecule has 2 fully saturated rings. The van der Waals surface area contributed by atoms with Crippen LogP contribution in [0.4, 0.5) is 5.82 Å². The van der Waals surface area contributed by atoms with E-state index in [1.807, 2.05) is 30.3 Å². The van der Waals surface area contributed by atoms with Gasteiger partial charge in [0, 0.05) is 18.5 Å². The summed E-state index contributed by atoms with van der Waals surface area (Å²) in [6, 6.07) is 10.5. The minimum Gasteiger partial charge on any atom is -0.395 e. The zero-order chi connectivity index (χ0) is 29.5. The molecule has 6 atom stereocenters. The van der Waals surface area contributed by atoms with Gasteiger partial charge in [-0.2, -0.15) is 4.98 Å². The van der Waals surface area contributed by atoms with Gasteiger partial charge >= 0.3 is 13.4 Å². The van der Waals surface area contributed by atoms with E-state index in [4.69, 9.17) is 19.5 Å². The third-order valence-corrected chi connectivity index (χ3v) is 10.3. The number of nitrogens with two attached hydrogens (primary N) is 1. The van der Waals surface area contributed by atoms with E-state index in [9.17, 15) is 29.5 Å². The second-order valence-electron chi connectivity index (χ2n) is 10.7. The van der Waals surface area contributed by atoms with Crippen molar-refractivity contribution in [3.8, 4) is 0 Å². The van der Waals surface area contributed by atoms with Gasteiger partial charge in [-0.3, -0.25) is 18.4 Å². The van der Waals surface area contributed by atoms with E-state index in [2.05, 4.69) is 4.98 Å². The molecule has 1 saturated carbocycles. The van der Waals surface area contributed by atoms with Crippen molar-refractivity contribution in [2.75, 3.05) is 31.7 Å². The Morgan fingerprint density at radius 1 is 1.30 bits per heavy atom. The Balaban J connectivity index is 1.50. The van der Waals surface area contributed by atoms with Gasteiger partial charge in [0.1, 0.15) is 23.6 Å². The summed E-state index contributed by atoms with van der Waals surface area (Å²) in [6.07, 6.45) is -2.38. The first-order valence-corrected chi connectivity index (χ1v) is 15.1. The Kier molecular flexibility index (Phi) is 8.69. The molecule has 40 heavy (non-hydrogen) atoms. The summed E-state index contributed by atoms with van der Waals surface area (Å²) in [5, 5.41) is 31.9. The smallest absolute Gasteiger partial charge is 0.395 e. The summed E-state index contributed by atoms with van der Waals surface area (Å²) in [7, 11) is -2.59. The van der Waals surface area contributed by atoms with Crippen LogP contribution in [0.2, 0.25) is 0 Å². The summed E-state index contributed by atoms with van der Waals surface area (Å²) in [4.78, 5) is 28.3. The molecule has 4 rings (SSSR count). The SMILES string of the molecule is CN(Cc1ccccc1)P(=O)(OCCSC(=O)C(C)(C)CO)O[C@H]1[C@H]2O[C@@H](n3ccc(N)nc3=O)[C@](C)(O)[C@]21O. The molecule has 220 valence electrons. The zero-order valence-electron chi connectivity index (χ0n) is 22.7. The highest BCUT2D eigenvalue weighted by molar-refractivity contribution is 8.13. The van der Waals surface area contributed by atoms with Crippen LogP contribution in [0.25, 0.3) is 0 Å². The highest BCUT2D eigenvalue weighted by atomic mass is 32.2. The van der Waals surface area contributed by atoms with Crippen LogP contribution in [0.15, 0.2) is 47.4 Å². The molecule has 15 heteroatoms. The van der Waals surface area contributed by atoms with E-state index in [-0.39, 0.29) is 36.4 Å². The summed E-state index contributed by atoms with van der Waals surface area (Å²) in [5.74, 6) is 0.125. The maximum atomic E-state index is 14.1. The largest absolute Gasteiger partial charge is 0.408 e. The normalized spacial score (nSPS) is 29.2. The van der Waals surface area contributed by atoms with Crippen molar-refractivity contribution in [3.63, 3.8) is 0 Å². The fraction of sp³-hybridized carbons (Fsp3) is 0.560. The van der Waals surface area contributed by atoms with Gasteiger partial charge in [0.05, 0.1) is 18.6 Å². The lowest BCUT2D eigenvalue weighted by Gasteiger charge is -2.34. The van der Waals surface area contributed by atoms with Crippen molar-refractivity contribution in [1.82, 2.24) is 14.2 Å². The predicted octanol–water partition coefficient (Wildman–Crippen LogP) is 1.14. The molecule has 0 amide bonds. The molecular formula is C25H35N4O9PS. The van der Waals surface area contributed by atoms with Gasteiger partial charge < -0.3 is 25.8 Å². The molecule has 0 bridgehead atoms. The number of fused-ring (bicyclic) bond motifs is 1. The van der Waals surface area contributed by atoms with E-state index in [1.165, 1.54) is 30.9 Å². The van der Waals surface area contributed by atoms with Gasteiger partial charge in [-0.15, -0.1) is 0 Å². The van der Waals surface area contributed by atoms with Crippen LogP contribution in [0.1, 0.15) is 32.6 Å². The molecule has 2 aliphatic rings. The molecule has 13 nitrogen and oxygen atoms in total. The number of rotatable bonds is 12. The minimum atomic E-state index is -4.13. The lowest BCUT2D eigenvalue weighted by Crippen LogP contribution is -2.51. The fourth-order valence-electron chi connectivity index (χ4n) is 4.44. The lowest BCUT2D eigenvalue weighted by atomic mass is 9.95. The number of nitrogen functional groups attached to an aromatic ring is 1. The average molecular weight is 599 g/mol. The molecule has 1 aromatic heterocycles. The topological polar surface area (TPSA) is 187 Å². The van der Waals surface area contributed by atoms with Crippen LogP contribution < -0.4 is 11.4 Å². The standard InChI is InChI=1S/C25H35N4O9PS/c1-23(2,15-30)21(31)40-13-12-36-39(35,28(4)14-16-8-6-5-7-9-16)38-19-18-25(19,34)24(3,33)20(37-18)29-11-10-17(26)27-22(29)32/h5-11,18-20,30,33-34H,12-15H2,1-4H3,(H2,26,27,32)/t18-,19+,20-,24+,25+,39?/m1/s1. The first kappa shape index (κ1) is 30.8. The van der Waals surface area contributed by atoms with E-state index in [0.717, 1.165) is 21.9 Å². The molecule has 1 aromatic carbocycles. The van der Waals surface area contributed by atoms with Crippen molar-refractivity contribution in [2.24, 2.45) is 5.41 Å². The van der Waals surface area contributed by atoms with E-state index in [0.29, 0.717) is 0 Å². The second kappa shape index (κ2) is 11.3. The summed E-state index contributed by atoms with van der Waals surface area (Å²) in [6.45, 7) is 4.23. The Morgan fingerprint density at radius 2 is 1.98 bits per heavy atom. The molecule has 0 radical (unpaired) electrons. The Morgan fingerprint density at radius 3 is 2.55 bits per heavy atom. The fourth-order valence-corrected chi connectivity index (χ4v) is 7.01. The van der Waals surface area contributed by atoms with Gasteiger partial charge in [-0.05, 0) is 39.4 Å². The zero-order valence-corrected chi connectivity index (χ0v) is 24.4. The van der Waals surface area contributed by atoms with Crippen molar-refractivity contribution in [3.05, 3.63) is 58.6 Å². The highest BCUT2D eigenvalue weighted by Crippen LogP contribution is 2.66. The van der Waals surface area contributed by atoms with Gasteiger partial charge in [-0.1, -0.05) is 42.1 Å². The van der Waals surface area contributed by atoms with Gasteiger partial charge in [0.2, 0.25) is 0 Å². The average Bonchev–Trinajstić information content (AvgIpc) is 3.40. The van der Waals surface area contributed by atoms with Crippen LogP contribution in [0, 0.1) is 5.41 Å². The molecule has 5 N–H and O–H groups in total. The molecule has 1 saturated heterocycles. The molecule has 1 unspecified atom stereocenters. The number of thioether (sulfide) groups is 1. The maximum absolute atomic E-state index is 14.1. The second-order valence-corrected chi connectivity index (χ2v) is 13.9. The van der Waals surface area contributed by atoms with E-state index >= 15 is 0 Å². The van der Waals surface area contributed by atoms with E-state index < -0.39 is 48.5 Å². The number of hydrogen-bond acceptors (Lipinski definition) is 12. The van der Waals surface area contributed by atoms with Crippen molar-refractivity contribution in [2.45, 2.75) is 57.0 Å². The van der Waals surface area contributed by atoms with Crippen LogP contribution in [0.5, 0.6) is 0 Å². The van der Waals surface area contributed by atoms with Crippen molar-refractivity contribution < 1.29 is 38.5 Å². The number of carbonyl (C=O) groups is 1. The molecule has 2 heterocycles. The lowest BCUT2D eigenvalue weighted by molar-refractivity contribution is -0.158. The number of nitrogens with zero attached hydrogens (tertiary/aromatic N) is 3. The van der Waals surface area contributed by atoms with Crippen LogP contribution in [-0.4, -0.2) is 84.1 Å². The number of benzene rings is 1. The summed E-state index contributed by atoms with van der Waals surface area (Å²) in [5.41, 5.74) is 0.601. The number of aromatic nitrogens is 2. The number of ether oxygens (including phenoxy) is 1. The Labute approximate surface area is 235 Å². The van der Waals surface area contributed by atoms with Crippen LogP contribution >= 0.6 is 19.5 Å². The first-order valence-electron chi connectivity index (χ1n) is 12.6. The third kappa shape index (κ3) is 5.65. The van der Waals surface area contributed by atoms with Gasteiger partial charge in [0.15, 0.2) is 16.9 Å². The van der Waals surface area contributed by atoms with E-state index in [1.54, 1.807) is 13.8 Å². The Bertz CT molecular complexity index is 1340. The predicted molar refractivity (Wildman–Crippen MR) is 147 cm³/mol. The monoisotopic (exact) mass is 598 g/mol. The summed E-state index contributed by atoms with van der Waals surface area (Å²) >= 11 is 0.934. The van der Waals surface area contributed by atoms with Gasteiger partial charge in [-0.25, -0.2) is 14.0 Å². The number of anilines is 1. The molecule has 1 aliphatic carbocycles. The van der Waals surface area contributed by atoms with Crippen LogP contribution in [-0.2, 0) is 29.7 Å². The molecule has 2 aromatic rings. The summed E-state index contributed by atoms with van der Waals surface area (Å²) < 4.78 is 33.9. The quantitative estimate of drug-likeness (QED) is 0.201. The number of hydrogen-bond donors (Lipinski definition) is 4. The minimum absolute atomic E-state index is 0.0108. The number of carbonyl (C=O) groups excluding carboxylic acids is 1.